The number of carbonyl (C=O) groups is 1. The number of hydrogen-bond donors (Lipinski definition) is 2. The van der Waals surface area contributed by atoms with Gasteiger partial charge in [-0.05, 0) is 25.5 Å². The van der Waals surface area contributed by atoms with Crippen molar-refractivity contribution in [3.8, 4) is 5.75 Å². The lowest BCUT2D eigenvalue weighted by atomic mass is 10.1. The monoisotopic (exact) mass is 251 g/mol. The first-order valence-corrected chi connectivity index (χ1v) is 6.31. The van der Waals surface area contributed by atoms with Crippen LogP contribution in [0.3, 0.4) is 0 Å². The molecule has 100 valence electrons. The third-order valence-corrected chi connectivity index (χ3v) is 2.72. The van der Waals surface area contributed by atoms with Crippen LogP contribution in [-0.2, 0) is 4.74 Å². The smallest absolute Gasteiger partial charge is 0.251 e. The fourth-order valence-corrected chi connectivity index (χ4v) is 1.55. The summed E-state index contributed by atoms with van der Waals surface area (Å²) in [5.74, 6) is -0.0377. The van der Waals surface area contributed by atoms with Crippen molar-refractivity contribution in [2.45, 2.75) is 26.7 Å². The highest BCUT2D eigenvalue weighted by molar-refractivity contribution is 5.96. The van der Waals surface area contributed by atoms with Gasteiger partial charge in [0.15, 0.2) is 0 Å². The summed E-state index contributed by atoms with van der Waals surface area (Å²) >= 11 is 0. The van der Waals surface area contributed by atoms with Crippen LogP contribution < -0.4 is 5.32 Å². The molecule has 0 aliphatic rings. The first-order valence-electron chi connectivity index (χ1n) is 6.31. The second-order valence-electron chi connectivity index (χ2n) is 4.17. The number of hydrogen-bond acceptors (Lipinski definition) is 3. The Bertz CT molecular complexity index is 391. The van der Waals surface area contributed by atoms with Gasteiger partial charge in [-0.1, -0.05) is 19.4 Å². The maximum atomic E-state index is 11.8. The van der Waals surface area contributed by atoms with Crippen LogP contribution in [0.15, 0.2) is 18.2 Å². The summed E-state index contributed by atoms with van der Waals surface area (Å²) in [4.78, 5) is 11.8. The molecule has 0 atom stereocenters. The van der Waals surface area contributed by atoms with Crippen molar-refractivity contribution in [1.82, 2.24) is 5.32 Å². The highest BCUT2D eigenvalue weighted by Gasteiger charge is 2.10. The molecule has 0 aromatic heterocycles. The van der Waals surface area contributed by atoms with Crippen LogP contribution in [0.25, 0.3) is 0 Å². The van der Waals surface area contributed by atoms with E-state index in [1.54, 1.807) is 25.1 Å². The highest BCUT2D eigenvalue weighted by atomic mass is 16.5. The summed E-state index contributed by atoms with van der Waals surface area (Å²) in [6, 6.07) is 4.93. The fraction of sp³-hybridized carbons (Fsp3) is 0.500. The van der Waals surface area contributed by atoms with Gasteiger partial charge in [-0.25, -0.2) is 0 Å². The average Bonchev–Trinajstić information content (AvgIpc) is 2.36. The first kappa shape index (κ1) is 14.5. The second-order valence-corrected chi connectivity index (χ2v) is 4.17. The Balaban J connectivity index is 2.35. The van der Waals surface area contributed by atoms with Crippen LogP contribution in [0, 0.1) is 6.92 Å². The third kappa shape index (κ3) is 4.37. The van der Waals surface area contributed by atoms with Crippen LogP contribution in [-0.4, -0.2) is 30.8 Å². The molecule has 1 rings (SSSR count). The second kappa shape index (κ2) is 7.71. The molecule has 2 N–H and O–H groups in total. The molecule has 0 spiro atoms. The molecule has 0 unspecified atom stereocenters. The minimum atomic E-state index is -0.178. The summed E-state index contributed by atoms with van der Waals surface area (Å²) in [5.41, 5.74) is 1.10. The number of carbonyl (C=O) groups excluding carboxylic acids is 1. The summed E-state index contributed by atoms with van der Waals surface area (Å²) < 4.78 is 5.35. The molecule has 0 saturated heterocycles. The maximum Gasteiger partial charge on any atom is 0.251 e. The number of nitrogens with one attached hydrogen (secondary N) is 1. The van der Waals surface area contributed by atoms with Gasteiger partial charge < -0.3 is 15.2 Å². The summed E-state index contributed by atoms with van der Waals surface area (Å²) in [7, 11) is 0. The van der Waals surface area contributed by atoms with Crippen LogP contribution in [0.4, 0.5) is 0 Å². The lowest BCUT2D eigenvalue weighted by Crippen LogP contribution is -2.27. The van der Waals surface area contributed by atoms with Crippen molar-refractivity contribution in [1.29, 1.82) is 0 Å². The van der Waals surface area contributed by atoms with Crippen molar-refractivity contribution in [2.24, 2.45) is 0 Å². The number of benzene rings is 1. The number of rotatable bonds is 7. The zero-order valence-corrected chi connectivity index (χ0v) is 11.0. The average molecular weight is 251 g/mol. The summed E-state index contributed by atoms with van der Waals surface area (Å²) in [6.45, 7) is 5.57. The number of phenols is 1. The molecule has 0 fully saturated rings. The Kier molecular flexibility index (Phi) is 6.22. The van der Waals surface area contributed by atoms with Crippen LogP contribution >= 0.6 is 0 Å². The standard InChI is InChI=1S/C14H21NO3/c1-3-4-9-18-10-8-15-14(17)12-6-5-7-13(16)11(12)2/h5-7,16H,3-4,8-10H2,1-2H3,(H,15,17). The Hall–Kier alpha value is -1.55. The van der Waals surface area contributed by atoms with Gasteiger partial charge in [-0.15, -0.1) is 0 Å². The highest BCUT2D eigenvalue weighted by Crippen LogP contribution is 2.19. The number of ether oxygens (including phenoxy) is 1. The molecule has 0 saturated carbocycles. The van der Waals surface area contributed by atoms with Gasteiger partial charge in [0.1, 0.15) is 5.75 Å². The van der Waals surface area contributed by atoms with Crippen molar-refractivity contribution in [3.05, 3.63) is 29.3 Å². The largest absolute Gasteiger partial charge is 0.508 e. The Labute approximate surface area is 108 Å². The zero-order chi connectivity index (χ0) is 13.4. The molecule has 1 aromatic rings. The number of unbranched alkanes of at least 4 members (excludes halogenated alkanes) is 1. The third-order valence-electron chi connectivity index (χ3n) is 2.72. The molecule has 0 radical (unpaired) electrons. The van der Waals surface area contributed by atoms with Crippen molar-refractivity contribution in [2.75, 3.05) is 19.8 Å². The number of phenolic OH excluding ortho intramolecular Hbond substituents is 1. The molecular formula is C14H21NO3. The van der Waals surface area contributed by atoms with Crippen molar-refractivity contribution < 1.29 is 14.6 Å². The molecule has 0 aliphatic carbocycles. The van der Waals surface area contributed by atoms with E-state index in [4.69, 9.17) is 4.74 Å². The predicted molar refractivity (Wildman–Crippen MR) is 70.9 cm³/mol. The lowest BCUT2D eigenvalue weighted by molar-refractivity contribution is 0.0912. The van der Waals surface area contributed by atoms with Crippen LogP contribution in [0.2, 0.25) is 0 Å². The Morgan fingerprint density at radius 3 is 2.89 bits per heavy atom. The van der Waals surface area contributed by atoms with E-state index in [2.05, 4.69) is 12.2 Å². The summed E-state index contributed by atoms with van der Waals surface area (Å²) in [6.07, 6.45) is 2.15. The Morgan fingerprint density at radius 2 is 2.17 bits per heavy atom. The van der Waals surface area contributed by atoms with Crippen molar-refractivity contribution in [3.63, 3.8) is 0 Å². The first-order chi connectivity index (χ1) is 8.66. The molecule has 1 aromatic carbocycles. The topological polar surface area (TPSA) is 58.6 Å². The zero-order valence-electron chi connectivity index (χ0n) is 11.0. The van der Waals surface area contributed by atoms with E-state index in [-0.39, 0.29) is 11.7 Å². The van der Waals surface area contributed by atoms with Gasteiger partial charge in [0.25, 0.3) is 5.91 Å². The van der Waals surface area contributed by atoms with E-state index >= 15 is 0 Å². The van der Waals surface area contributed by atoms with E-state index in [0.717, 1.165) is 19.4 Å². The fourth-order valence-electron chi connectivity index (χ4n) is 1.55. The van der Waals surface area contributed by atoms with E-state index in [1.807, 2.05) is 0 Å². The van der Waals surface area contributed by atoms with Gasteiger partial charge in [-0.2, -0.15) is 0 Å². The molecule has 4 nitrogen and oxygen atoms in total. The van der Waals surface area contributed by atoms with Gasteiger partial charge in [0, 0.05) is 24.3 Å². The van der Waals surface area contributed by atoms with Gasteiger partial charge in [0.05, 0.1) is 6.61 Å². The van der Waals surface area contributed by atoms with Gasteiger partial charge in [-0.3, -0.25) is 4.79 Å². The van der Waals surface area contributed by atoms with E-state index in [1.165, 1.54) is 0 Å². The number of amides is 1. The lowest BCUT2D eigenvalue weighted by Gasteiger charge is -2.09. The van der Waals surface area contributed by atoms with Crippen molar-refractivity contribution >= 4 is 5.91 Å². The molecular weight excluding hydrogens is 230 g/mol. The molecule has 0 bridgehead atoms. The molecule has 4 heteroatoms. The van der Waals surface area contributed by atoms with Gasteiger partial charge >= 0.3 is 0 Å². The molecule has 1 amide bonds. The predicted octanol–water partition coefficient (Wildman–Crippen LogP) is 2.25. The van der Waals surface area contributed by atoms with Gasteiger partial charge in [0.2, 0.25) is 0 Å². The van der Waals surface area contributed by atoms with E-state index < -0.39 is 0 Å². The van der Waals surface area contributed by atoms with Crippen LogP contribution in [0.1, 0.15) is 35.7 Å². The molecule has 18 heavy (non-hydrogen) atoms. The van der Waals surface area contributed by atoms with E-state index in [0.29, 0.717) is 24.3 Å². The SMILES string of the molecule is CCCCOCCNC(=O)c1cccc(O)c1C. The minimum absolute atomic E-state index is 0.141. The number of aromatic hydroxyl groups is 1. The van der Waals surface area contributed by atoms with E-state index in [9.17, 15) is 9.90 Å². The molecule has 0 heterocycles. The quantitative estimate of drug-likeness (QED) is 0.731. The summed E-state index contributed by atoms with van der Waals surface area (Å²) in [5, 5.41) is 12.3. The minimum Gasteiger partial charge on any atom is -0.508 e. The molecule has 0 aliphatic heterocycles. The normalized spacial score (nSPS) is 10.3. The van der Waals surface area contributed by atoms with Crippen LogP contribution in [0.5, 0.6) is 5.75 Å². The maximum absolute atomic E-state index is 11.8. The Morgan fingerprint density at radius 1 is 1.39 bits per heavy atom.